The van der Waals surface area contributed by atoms with Gasteiger partial charge in [0.05, 0.1) is 35.1 Å². The van der Waals surface area contributed by atoms with E-state index in [1.807, 2.05) is 31.2 Å². The lowest BCUT2D eigenvalue weighted by Crippen LogP contribution is -2.36. The number of nitriles is 1. The Labute approximate surface area is 133 Å². The van der Waals surface area contributed by atoms with Crippen LogP contribution in [-0.4, -0.2) is 36.3 Å². The summed E-state index contributed by atoms with van der Waals surface area (Å²) in [7, 11) is 0. The maximum atomic E-state index is 9.39. The van der Waals surface area contributed by atoms with Crippen LogP contribution in [-0.2, 0) is 4.74 Å². The van der Waals surface area contributed by atoms with E-state index in [1.165, 1.54) is 0 Å². The maximum absolute atomic E-state index is 9.39. The molecule has 0 radical (unpaired) electrons. The summed E-state index contributed by atoms with van der Waals surface area (Å²) in [6.07, 6.45) is 3.57. The molecule has 6 heteroatoms. The van der Waals surface area contributed by atoms with Crippen LogP contribution >= 0.6 is 11.3 Å². The van der Waals surface area contributed by atoms with Crippen LogP contribution in [0.15, 0.2) is 24.4 Å². The molecule has 0 spiro atoms. The third-order valence-electron chi connectivity index (χ3n) is 3.44. The van der Waals surface area contributed by atoms with E-state index in [0.717, 1.165) is 42.0 Å². The summed E-state index contributed by atoms with van der Waals surface area (Å²) in [4.78, 5) is 12.1. The van der Waals surface area contributed by atoms with Gasteiger partial charge >= 0.3 is 0 Å². The number of pyridine rings is 1. The molecule has 0 saturated carbocycles. The standard InChI is InChI=1S/C16H16N4OS/c1-12-15(10-13(11-17)14-4-2-3-5-18-14)22-16(19-12)20-6-8-21-9-7-20/h2-5,10H,6-9H2,1H3. The molecule has 0 aliphatic carbocycles. The average molecular weight is 312 g/mol. The molecule has 0 amide bonds. The van der Waals surface area contributed by atoms with Gasteiger partial charge < -0.3 is 9.64 Å². The smallest absolute Gasteiger partial charge is 0.186 e. The van der Waals surface area contributed by atoms with Gasteiger partial charge in [-0.25, -0.2) is 4.98 Å². The minimum absolute atomic E-state index is 0.556. The van der Waals surface area contributed by atoms with Crippen LogP contribution in [0.3, 0.4) is 0 Å². The van der Waals surface area contributed by atoms with Crippen molar-refractivity contribution in [3.05, 3.63) is 40.7 Å². The summed E-state index contributed by atoms with van der Waals surface area (Å²) in [5.41, 5.74) is 2.18. The van der Waals surface area contributed by atoms with Crippen molar-refractivity contribution in [2.45, 2.75) is 6.92 Å². The molecule has 5 nitrogen and oxygen atoms in total. The molecule has 0 atom stereocenters. The molecule has 1 saturated heterocycles. The summed E-state index contributed by atoms with van der Waals surface area (Å²) < 4.78 is 5.37. The van der Waals surface area contributed by atoms with Gasteiger partial charge in [-0.05, 0) is 25.1 Å². The molecule has 0 unspecified atom stereocenters. The van der Waals surface area contributed by atoms with Crippen LogP contribution < -0.4 is 4.90 Å². The Morgan fingerprint density at radius 3 is 2.91 bits per heavy atom. The molecule has 112 valence electrons. The molecule has 2 aromatic rings. The van der Waals surface area contributed by atoms with Gasteiger partial charge in [-0.15, -0.1) is 0 Å². The molecule has 0 aromatic carbocycles. The number of morpholine rings is 1. The predicted octanol–water partition coefficient (Wildman–Crippen LogP) is 2.75. The normalized spacial score (nSPS) is 15.6. The Morgan fingerprint density at radius 2 is 2.23 bits per heavy atom. The number of nitrogens with zero attached hydrogens (tertiary/aromatic N) is 4. The SMILES string of the molecule is Cc1nc(N2CCOCC2)sc1C=C(C#N)c1ccccn1. The Kier molecular flexibility index (Phi) is 4.47. The lowest BCUT2D eigenvalue weighted by molar-refractivity contribution is 0.122. The molecule has 0 bridgehead atoms. The van der Waals surface area contributed by atoms with E-state index in [-0.39, 0.29) is 0 Å². The van der Waals surface area contributed by atoms with Gasteiger partial charge in [-0.3, -0.25) is 4.98 Å². The lowest BCUT2D eigenvalue weighted by atomic mass is 10.1. The monoisotopic (exact) mass is 312 g/mol. The molecule has 1 aliphatic heterocycles. The molecular formula is C16H16N4OS. The van der Waals surface area contributed by atoms with Crippen LogP contribution in [0.5, 0.6) is 0 Å². The minimum atomic E-state index is 0.556. The summed E-state index contributed by atoms with van der Waals surface area (Å²) >= 11 is 1.61. The Balaban J connectivity index is 1.90. The van der Waals surface area contributed by atoms with Crippen molar-refractivity contribution in [1.29, 1.82) is 5.26 Å². The largest absolute Gasteiger partial charge is 0.378 e. The molecule has 2 aromatic heterocycles. The number of allylic oxidation sites excluding steroid dienone is 1. The van der Waals surface area contributed by atoms with Crippen LogP contribution in [0.2, 0.25) is 0 Å². The highest BCUT2D eigenvalue weighted by Gasteiger charge is 2.16. The topological polar surface area (TPSA) is 62.0 Å². The zero-order chi connectivity index (χ0) is 15.4. The first-order valence-electron chi connectivity index (χ1n) is 7.11. The Morgan fingerprint density at radius 1 is 1.41 bits per heavy atom. The average Bonchev–Trinajstić information content (AvgIpc) is 2.95. The van der Waals surface area contributed by atoms with E-state index in [1.54, 1.807) is 17.5 Å². The van der Waals surface area contributed by atoms with Crippen molar-refractivity contribution in [1.82, 2.24) is 9.97 Å². The second-order valence-electron chi connectivity index (χ2n) is 4.93. The number of hydrogen-bond donors (Lipinski definition) is 0. The van der Waals surface area contributed by atoms with Gasteiger partial charge in [0.1, 0.15) is 6.07 Å². The van der Waals surface area contributed by atoms with E-state index in [4.69, 9.17) is 4.74 Å². The van der Waals surface area contributed by atoms with Crippen molar-refractivity contribution < 1.29 is 4.74 Å². The number of aromatic nitrogens is 2. The third-order valence-corrected chi connectivity index (χ3v) is 4.60. The van der Waals surface area contributed by atoms with Crippen molar-refractivity contribution in [3.8, 4) is 6.07 Å². The minimum Gasteiger partial charge on any atom is -0.378 e. The van der Waals surface area contributed by atoms with Crippen LogP contribution in [0.25, 0.3) is 11.6 Å². The summed E-state index contributed by atoms with van der Waals surface area (Å²) in [6, 6.07) is 7.79. The first kappa shape index (κ1) is 14.7. The first-order valence-corrected chi connectivity index (χ1v) is 7.93. The van der Waals surface area contributed by atoms with Crippen molar-refractivity contribution in [2.75, 3.05) is 31.2 Å². The highest BCUT2D eigenvalue weighted by molar-refractivity contribution is 7.16. The van der Waals surface area contributed by atoms with Gasteiger partial charge in [-0.2, -0.15) is 5.26 Å². The van der Waals surface area contributed by atoms with E-state index in [0.29, 0.717) is 11.3 Å². The fourth-order valence-corrected chi connectivity index (χ4v) is 3.30. The molecule has 1 fully saturated rings. The van der Waals surface area contributed by atoms with Gasteiger partial charge in [-0.1, -0.05) is 17.4 Å². The zero-order valence-electron chi connectivity index (χ0n) is 12.3. The Hall–Kier alpha value is -2.23. The quantitative estimate of drug-likeness (QED) is 0.816. The number of thiazole rings is 1. The van der Waals surface area contributed by atoms with Gasteiger partial charge in [0.25, 0.3) is 0 Å². The van der Waals surface area contributed by atoms with Crippen LogP contribution in [0.4, 0.5) is 5.13 Å². The fraction of sp³-hybridized carbons (Fsp3) is 0.312. The molecule has 1 aliphatic rings. The highest BCUT2D eigenvalue weighted by atomic mass is 32.1. The molecule has 0 N–H and O–H groups in total. The van der Waals surface area contributed by atoms with Crippen LogP contribution in [0.1, 0.15) is 16.3 Å². The number of ether oxygens (including phenoxy) is 1. The van der Waals surface area contributed by atoms with E-state index < -0.39 is 0 Å². The molecule has 3 rings (SSSR count). The third kappa shape index (κ3) is 3.16. The number of aryl methyl sites for hydroxylation is 1. The van der Waals surface area contributed by atoms with Gasteiger partial charge in [0, 0.05) is 19.3 Å². The van der Waals surface area contributed by atoms with Gasteiger partial charge in [0.15, 0.2) is 5.13 Å². The van der Waals surface area contributed by atoms with E-state index in [2.05, 4.69) is 20.9 Å². The van der Waals surface area contributed by atoms with E-state index in [9.17, 15) is 5.26 Å². The Bertz CT molecular complexity index is 711. The van der Waals surface area contributed by atoms with Crippen molar-refractivity contribution in [2.24, 2.45) is 0 Å². The van der Waals surface area contributed by atoms with E-state index >= 15 is 0 Å². The predicted molar refractivity (Wildman–Crippen MR) is 87.6 cm³/mol. The van der Waals surface area contributed by atoms with Gasteiger partial charge in [0.2, 0.25) is 0 Å². The number of hydrogen-bond acceptors (Lipinski definition) is 6. The summed E-state index contributed by atoms with van der Waals surface area (Å²) in [5, 5.41) is 10.4. The molecule has 22 heavy (non-hydrogen) atoms. The summed E-state index contributed by atoms with van der Waals surface area (Å²) in [5.74, 6) is 0. The fourth-order valence-electron chi connectivity index (χ4n) is 2.23. The lowest BCUT2D eigenvalue weighted by Gasteiger charge is -2.25. The second kappa shape index (κ2) is 6.69. The maximum Gasteiger partial charge on any atom is 0.186 e. The van der Waals surface area contributed by atoms with Crippen LogP contribution in [0, 0.1) is 18.3 Å². The summed E-state index contributed by atoms with van der Waals surface area (Å²) in [6.45, 7) is 5.17. The zero-order valence-corrected chi connectivity index (χ0v) is 13.1. The highest BCUT2D eigenvalue weighted by Crippen LogP contribution is 2.29. The molecular weight excluding hydrogens is 296 g/mol. The number of rotatable bonds is 3. The van der Waals surface area contributed by atoms with Crippen molar-refractivity contribution >= 4 is 28.1 Å². The first-order chi connectivity index (χ1) is 10.8. The number of anilines is 1. The second-order valence-corrected chi connectivity index (χ2v) is 5.94. The van der Waals surface area contributed by atoms with Crippen molar-refractivity contribution in [3.63, 3.8) is 0 Å². The molecule has 3 heterocycles.